The zero-order valence-electron chi connectivity index (χ0n) is 12.7. The molecular formula is C18H25NO2. The molecule has 0 radical (unpaired) electrons. The molecule has 0 aromatic heterocycles. The Kier molecular flexibility index (Phi) is 4.29. The summed E-state index contributed by atoms with van der Waals surface area (Å²) in [5, 5.41) is 9.65. The number of rotatable bonds is 4. The van der Waals surface area contributed by atoms with E-state index in [1.54, 1.807) is 0 Å². The Hall–Kier alpha value is -1.35. The Morgan fingerprint density at radius 2 is 2.10 bits per heavy atom. The fourth-order valence-electron chi connectivity index (χ4n) is 3.68. The van der Waals surface area contributed by atoms with Gasteiger partial charge in [0.05, 0.1) is 6.10 Å². The van der Waals surface area contributed by atoms with Gasteiger partial charge >= 0.3 is 0 Å². The van der Waals surface area contributed by atoms with Crippen molar-refractivity contribution in [3.8, 4) is 0 Å². The molecule has 1 heterocycles. The monoisotopic (exact) mass is 287 g/mol. The third kappa shape index (κ3) is 3.29. The van der Waals surface area contributed by atoms with Gasteiger partial charge in [-0.3, -0.25) is 4.79 Å². The largest absolute Gasteiger partial charge is 0.393 e. The van der Waals surface area contributed by atoms with Crippen LogP contribution in [-0.2, 0) is 4.79 Å². The molecule has 114 valence electrons. The quantitative estimate of drug-likeness (QED) is 0.925. The number of aliphatic hydroxyl groups excluding tert-OH is 1. The van der Waals surface area contributed by atoms with Gasteiger partial charge in [-0.05, 0) is 50.5 Å². The number of likely N-dealkylation sites (tertiary alicyclic amines) is 1. The number of benzene rings is 1. The molecule has 4 unspecified atom stereocenters. The molecule has 1 N–H and O–H groups in total. The summed E-state index contributed by atoms with van der Waals surface area (Å²) in [6, 6.07) is 10.6. The molecule has 2 fully saturated rings. The summed E-state index contributed by atoms with van der Waals surface area (Å²) < 4.78 is 0. The third-order valence-electron chi connectivity index (χ3n) is 4.86. The van der Waals surface area contributed by atoms with Crippen molar-refractivity contribution in [3.63, 3.8) is 0 Å². The van der Waals surface area contributed by atoms with E-state index in [-0.39, 0.29) is 18.1 Å². The molecule has 2 aliphatic rings. The Labute approximate surface area is 127 Å². The predicted octanol–water partition coefficient (Wildman–Crippen LogP) is 2.94. The number of aliphatic hydroxyl groups is 1. The highest BCUT2D eigenvalue weighted by atomic mass is 16.3. The van der Waals surface area contributed by atoms with Crippen LogP contribution in [0.3, 0.4) is 0 Å². The van der Waals surface area contributed by atoms with Crippen LogP contribution in [0.15, 0.2) is 30.3 Å². The molecule has 1 aromatic carbocycles. The first-order chi connectivity index (χ1) is 10.2. The van der Waals surface area contributed by atoms with Gasteiger partial charge in [0.2, 0.25) is 5.91 Å². The lowest BCUT2D eigenvalue weighted by atomic mass is 9.96. The lowest BCUT2D eigenvalue weighted by molar-refractivity contribution is -0.137. The molecule has 3 rings (SSSR count). The fourth-order valence-corrected chi connectivity index (χ4v) is 3.68. The first-order valence-corrected chi connectivity index (χ1v) is 8.20. The first-order valence-electron chi connectivity index (χ1n) is 8.20. The number of carbonyl (C=O) groups excluding carboxylic acids is 1. The second kappa shape index (κ2) is 6.18. The highest BCUT2D eigenvalue weighted by Crippen LogP contribution is 2.49. The highest BCUT2D eigenvalue weighted by Gasteiger charge is 2.47. The van der Waals surface area contributed by atoms with Crippen molar-refractivity contribution in [2.75, 3.05) is 6.54 Å². The van der Waals surface area contributed by atoms with E-state index in [9.17, 15) is 9.90 Å². The van der Waals surface area contributed by atoms with Crippen LogP contribution in [0.1, 0.15) is 50.5 Å². The Balaban J connectivity index is 1.65. The number of amides is 1. The van der Waals surface area contributed by atoms with Gasteiger partial charge < -0.3 is 10.0 Å². The Bertz CT molecular complexity index is 485. The van der Waals surface area contributed by atoms with Gasteiger partial charge in [-0.1, -0.05) is 30.3 Å². The maximum absolute atomic E-state index is 12.8. The summed E-state index contributed by atoms with van der Waals surface area (Å²) in [5.74, 6) is 0.893. The average molecular weight is 287 g/mol. The Morgan fingerprint density at radius 3 is 2.81 bits per heavy atom. The van der Waals surface area contributed by atoms with Crippen molar-refractivity contribution >= 4 is 5.91 Å². The average Bonchev–Trinajstić information content (AvgIpc) is 3.28. The van der Waals surface area contributed by atoms with E-state index in [1.807, 2.05) is 25.1 Å². The minimum absolute atomic E-state index is 0.169. The summed E-state index contributed by atoms with van der Waals surface area (Å²) in [4.78, 5) is 14.8. The zero-order valence-corrected chi connectivity index (χ0v) is 12.7. The van der Waals surface area contributed by atoms with Gasteiger partial charge in [-0.25, -0.2) is 0 Å². The Morgan fingerprint density at radius 1 is 1.33 bits per heavy atom. The van der Waals surface area contributed by atoms with Crippen LogP contribution >= 0.6 is 0 Å². The summed E-state index contributed by atoms with van der Waals surface area (Å²) in [6.45, 7) is 2.69. The molecule has 0 spiro atoms. The van der Waals surface area contributed by atoms with E-state index < -0.39 is 0 Å². The van der Waals surface area contributed by atoms with Crippen LogP contribution in [0, 0.1) is 5.92 Å². The number of nitrogens with zero attached hydrogens (tertiary/aromatic N) is 1. The molecule has 0 bridgehead atoms. The van der Waals surface area contributed by atoms with Gasteiger partial charge in [0, 0.05) is 18.5 Å². The van der Waals surface area contributed by atoms with Gasteiger partial charge in [0.1, 0.15) is 0 Å². The molecule has 3 nitrogen and oxygen atoms in total. The number of hydrogen-bond acceptors (Lipinski definition) is 2. The lowest BCUT2D eigenvalue weighted by Gasteiger charge is -2.36. The zero-order chi connectivity index (χ0) is 14.8. The summed E-state index contributed by atoms with van der Waals surface area (Å²) in [6.07, 6.45) is 4.69. The van der Waals surface area contributed by atoms with E-state index in [4.69, 9.17) is 0 Å². The van der Waals surface area contributed by atoms with E-state index in [1.165, 1.54) is 12.0 Å². The van der Waals surface area contributed by atoms with Crippen LogP contribution in [0.4, 0.5) is 0 Å². The second-order valence-electron chi connectivity index (χ2n) is 6.63. The summed E-state index contributed by atoms with van der Waals surface area (Å²) in [5.41, 5.74) is 1.29. The lowest BCUT2D eigenvalue weighted by Crippen LogP contribution is -2.45. The molecule has 1 aromatic rings. The summed E-state index contributed by atoms with van der Waals surface area (Å²) in [7, 11) is 0. The predicted molar refractivity (Wildman–Crippen MR) is 82.9 cm³/mol. The molecule has 21 heavy (non-hydrogen) atoms. The molecule has 1 aliphatic heterocycles. The van der Waals surface area contributed by atoms with Gasteiger partial charge in [-0.2, -0.15) is 0 Å². The molecule has 1 saturated heterocycles. The van der Waals surface area contributed by atoms with E-state index in [2.05, 4.69) is 17.0 Å². The molecule has 1 aliphatic carbocycles. The van der Waals surface area contributed by atoms with Crippen LogP contribution in [0.25, 0.3) is 0 Å². The van der Waals surface area contributed by atoms with Gasteiger partial charge in [0.15, 0.2) is 0 Å². The maximum atomic E-state index is 12.8. The topological polar surface area (TPSA) is 40.5 Å². The summed E-state index contributed by atoms with van der Waals surface area (Å²) >= 11 is 0. The van der Waals surface area contributed by atoms with E-state index in [0.29, 0.717) is 18.2 Å². The normalized spacial score (nSPS) is 30.0. The molecule has 1 amide bonds. The minimum Gasteiger partial charge on any atom is -0.393 e. The first kappa shape index (κ1) is 14.6. The molecule has 3 heteroatoms. The SMILES string of the molecule is CC(O)CC1CCCCN1C(=O)C1CC1c1ccccc1. The van der Waals surface area contributed by atoms with Gasteiger partial charge in [0.25, 0.3) is 0 Å². The molecule has 1 saturated carbocycles. The third-order valence-corrected chi connectivity index (χ3v) is 4.86. The van der Waals surface area contributed by atoms with Crippen LogP contribution in [0.2, 0.25) is 0 Å². The fraction of sp³-hybridized carbons (Fsp3) is 0.611. The van der Waals surface area contributed by atoms with Crippen molar-refractivity contribution in [2.45, 2.75) is 57.1 Å². The van der Waals surface area contributed by atoms with Crippen LogP contribution in [-0.4, -0.2) is 34.6 Å². The standard InChI is InChI=1S/C18H25NO2/c1-13(20)11-15-9-5-6-10-19(15)18(21)17-12-16(17)14-7-3-2-4-8-14/h2-4,7-8,13,15-17,20H,5-6,9-12H2,1H3. The van der Waals surface area contributed by atoms with Crippen molar-refractivity contribution in [3.05, 3.63) is 35.9 Å². The van der Waals surface area contributed by atoms with Crippen LogP contribution in [0.5, 0.6) is 0 Å². The van der Waals surface area contributed by atoms with Crippen molar-refractivity contribution in [1.29, 1.82) is 0 Å². The number of piperidine rings is 1. The maximum Gasteiger partial charge on any atom is 0.226 e. The minimum atomic E-state index is -0.326. The second-order valence-corrected chi connectivity index (χ2v) is 6.63. The van der Waals surface area contributed by atoms with Crippen molar-refractivity contribution in [2.24, 2.45) is 5.92 Å². The smallest absolute Gasteiger partial charge is 0.226 e. The van der Waals surface area contributed by atoms with Crippen molar-refractivity contribution in [1.82, 2.24) is 4.90 Å². The number of hydrogen-bond donors (Lipinski definition) is 1. The highest BCUT2D eigenvalue weighted by molar-refractivity contribution is 5.83. The molecular weight excluding hydrogens is 262 g/mol. The van der Waals surface area contributed by atoms with E-state index >= 15 is 0 Å². The van der Waals surface area contributed by atoms with Crippen LogP contribution < -0.4 is 0 Å². The van der Waals surface area contributed by atoms with E-state index in [0.717, 1.165) is 25.8 Å². The van der Waals surface area contributed by atoms with Crippen molar-refractivity contribution < 1.29 is 9.90 Å². The number of carbonyl (C=O) groups is 1. The van der Waals surface area contributed by atoms with Gasteiger partial charge in [-0.15, -0.1) is 0 Å². The molecule has 4 atom stereocenters.